The van der Waals surface area contributed by atoms with Crippen LogP contribution in [0, 0.1) is 6.92 Å². The first kappa shape index (κ1) is 12.8. The quantitative estimate of drug-likeness (QED) is 0.896. The predicted octanol–water partition coefficient (Wildman–Crippen LogP) is 3.72. The van der Waals surface area contributed by atoms with Gasteiger partial charge in [-0.1, -0.05) is 6.07 Å². The number of aryl methyl sites for hydroxylation is 1. The molecule has 0 fully saturated rings. The van der Waals surface area contributed by atoms with Crippen LogP contribution < -0.4 is 5.73 Å². The number of ether oxygens (including phenoxy) is 1. The van der Waals surface area contributed by atoms with Gasteiger partial charge >= 0.3 is 0 Å². The predicted molar refractivity (Wildman–Crippen MR) is 74.6 cm³/mol. The summed E-state index contributed by atoms with van der Waals surface area (Å²) in [5.74, 6) is 0. The maximum atomic E-state index is 6.02. The van der Waals surface area contributed by atoms with Crippen LogP contribution >= 0.6 is 22.7 Å². The van der Waals surface area contributed by atoms with Crippen molar-refractivity contribution in [2.24, 2.45) is 5.73 Å². The molecule has 2 nitrogen and oxygen atoms in total. The van der Waals surface area contributed by atoms with Crippen LogP contribution in [-0.4, -0.2) is 6.04 Å². The highest BCUT2D eigenvalue weighted by Gasteiger charge is 2.20. The minimum atomic E-state index is -0.00269. The Morgan fingerprint density at radius 1 is 1.29 bits per heavy atom. The molecule has 0 aliphatic carbocycles. The van der Waals surface area contributed by atoms with Gasteiger partial charge in [-0.25, -0.2) is 0 Å². The molecule has 2 N–H and O–H groups in total. The van der Waals surface area contributed by atoms with Gasteiger partial charge in [-0.05, 0) is 42.3 Å². The molecule has 2 aromatic rings. The molecular weight excluding hydrogens is 250 g/mol. The topological polar surface area (TPSA) is 35.2 Å². The number of hydrogen-bond acceptors (Lipinski definition) is 4. The summed E-state index contributed by atoms with van der Waals surface area (Å²) in [6.07, 6.45) is -0.00269. The number of thiophene rings is 2. The SMILES string of the molecule is Cc1ccsc1C(OCc1cccs1)C(C)N. The molecule has 0 radical (unpaired) electrons. The zero-order valence-electron chi connectivity index (χ0n) is 10.1. The second kappa shape index (κ2) is 5.78. The van der Waals surface area contributed by atoms with Crippen LogP contribution in [-0.2, 0) is 11.3 Å². The van der Waals surface area contributed by atoms with Gasteiger partial charge in [0.25, 0.3) is 0 Å². The molecule has 2 unspecified atom stereocenters. The molecular formula is C13H17NOS2. The summed E-state index contributed by atoms with van der Waals surface area (Å²) in [5.41, 5.74) is 7.29. The highest BCUT2D eigenvalue weighted by atomic mass is 32.1. The summed E-state index contributed by atoms with van der Waals surface area (Å²) in [7, 11) is 0. The van der Waals surface area contributed by atoms with Gasteiger partial charge in [0.1, 0.15) is 6.10 Å². The molecule has 0 saturated heterocycles. The first-order valence-corrected chi connectivity index (χ1v) is 7.38. The Kier molecular flexibility index (Phi) is 4.34. The van der Waals surface area contributed by atoms with E-state index in [0.717, 1.165) is 0 Å². The van der Waals surface area contributed by atoms with Gasteiger partial charge in [0.05, 0.1) is 6.61 Å². The molecule has 0 aliphatic heterocycles. The van der Waals surface area contributed by atoms with Crippen LogP contribution in [0.1, 0.15) is 28.3 Å². The van der Waals surface area contributed by atoms with Crippen molar-refractivity contribution in [2.45, 2.75) is 32.6 Å². The highest BCUT2D eigenvalue weighted by molar-refractivity contribution is 7.10. The first-order valence-electron chi connectivity index (χ1n) is 5.62. The largest absolute Gasteiger partial charge is 0.366 e. The van der Waals surface area contributed by atoms with E-state index in [9.17, 15) is 0 Å². The van der Waals surface area contributed by atoms with Crippen LogP contribution in [0.25, 0.3) is 0 Å². The summed E-state index contributed by atoms with van der Waals surface area (Å²) in [6.45, 7) is 4.75. The van der Waals surface area contributed by atoms with E-state index in [1.807, 2.05) is 13.0 Å². The Labute approximate surface area is 110 Å². The molecule has 92 valence electrons. The number of hydrogen-bond donors (Lipinski definition) is 1. The van der Waals surface area contributed by atoms with Crippen LogP contribution in [0.5, 0.6) is 0 Å². The molecule has 0 spiro atoms. The molecule has 2 heterocycles. The third-order valence-electron chi connectivity index (χ3n) is 2.62. The van der Waals surface area contributed by atoms with Crippen LogP contribution in [0.3, 0.4) is 0 Å². The lowest BCUT2D eigenvalue weighted by Crippen LogP contribution is -2.26. The smallest absolute Gasteiger partial charge is 0.107 e. The number of nitrogens with two attached hydrogens (primary N) is 1. The molecule has 2 atom stereocenters. The zero-order chi connectivity index (χ0) is 12.3. The van der Waals surface area contributed by atoms with Gasteiger partial charge in [0.15, 0.2) is 0 Å². The van der Waals surface area contributed by atoms with Crippen molar-refractivity contribution in [3.05, 3.63) is 44.3 Å². The maximum absolute atomic E-state index is 6.02. The van der Waals surface area contributed by atoms with Crippen LogP contribution in [0.2, 0.25) is 0 Å². The average Bonchev–Trinajstić information content (AvgIpc) is 2.91. The van der Waals surface area contributed by atoms with E-state index >= 15 is 0 Å². The van der Waals surface area contributed by atoms with Crippen molar-refractivity contribution in [1.29, 1.82) is 0 Å². The van der Waals surface area contributed by atoms with Crippen LogP contribution in [0.15, 0.2) is 29.0 Å². The summed E-state index contributed by atoms with van der Waals surface area (Å²) in [5, 5.41) is 4.16. The van der Waals surface area contributed by atoms with Gasteiger partial charge in [-0.15, -0.1) is 22.7 Å². The highest BCUT2D eigenvalue weighted by Crippen LogP contribution is 2.30. The van der Waals surface area contributed by atoms with Crippen molar-refractivity contribution in [2.75, 3.05) is 0 Å². The summed E-state index contributed by atoms with van der Waals surface area (Å²) < 4.78 is 5.97. The lowest BCUT2D eigenvalue weighted by Gasteiger charge is -2.21. The first-order chi connectivity index (χ1) is 8.18. The molecule has 0 aliphatic rings. The molecule has 0 aromatic carbocycles. The summed E-state index contributed by atoms with van der Waals surface area (Å²) in [4.78, 5) is 2.49. The monoisotopic (exact) mass is 267 g/mol. The fourth-order valence-corrected chi connectivity index (χ4v) is 3.42. The van der Waals surface area contributed by atoms with Crippen molar-refractivity contribution in [3.8, 4) is 0 Å². The fraction of sp³-hybridized carbons (Fsp3) is 0.385. The molecule has 17 heavy (non-hydrogen) atoms. The summed E-state index contributed by atoms with van der Waals surface area (Å²) >= 11 is 3.44. The molecule has 0 amide bonds. The van der Waals surface area contributed by atoms with Gasteiger partial charge in [0.2, 0.25) is 0 Å². The van der Waals surface area contributed by atoms with E-state index in [0.29, 0.717) is 6.61 Å². The molecule has 2 rings (SSSR count). The Bertz CT molecular complexity index is 448. The van der Waals surface area contributed by atoms with Crippen molar-refractivity contribution in [1.82, 2.24) is 0 Å². The molecule has 0 bridgehead atoms. The van der Waals surface area contributed by atoms with E-state index < -0.39 is 0 Å². The lowest BCUT2D eigenvalue weighted by molar-refractivity contribution is 0.0294. The van der Waals surface area contributed by atoms with E-state index in [2.05, 4.69) is 29.8 Å². The maximum Gasteiger partial charge on any atom is 0.107 e. The summed E-state index contributed by atoms with van der Waals surface area (Å²) in [6, 6.07) is 6.25. The standard InChI is InChI=1S/C13H17NOS2/c1-9-5-7-17-13(9)12(10(2)14)15-8-11-4-3-6-16-11/h3-7,10,12H,8,14H2,1-2H3. The average molecular weight is 267 g/mol. The Balaban J connectivity index is 2.06. The van der Waals surface area contributed by atoms with Gasteiger partial charge in [-0.2, -0.15) is 0 Å². The minimum absolute atomic E-state index is 0.00269. The third-order valence-corrected chi connectivity index (χ3v) is 4.55. The lowest BCUT2D eigenvalue weighted by atomic mass is 10.1. The second-order valence-electron chi connectivity index (χ2n) is 4.14. The molecule has 0 saturated carbocycles. The van der Waals surface area contributed by atoms with Crippen molar-refractivity contribution in [3.63, 3.8) is 0 Å². The second-order valence-corrected chi connectivity index (χ2v) is 6.12. The van der Waals surface area contributed by atoms with Crippen LogP contribution in [0.4, 0.5) is 0 Å². The van der Waals surface area contributed by atoms with E-state index in [4.69, 9.17) is 10.5 Å². The Morgan fingerprint density at radius 2 is 2.12 bits per heavy atom. The van der Waals surface area contributed by atoms with Gasteiger partial charge in [0, 0.05) is 15.8 Å². The minimum Gasteiger partial charge on any atom is -0.366 e. The van der Waals surface area contributed by atoms with Gasteiger partial charge in [-0.3, -0.25) is 0 Å². The Hall–Kier alpha value is -0.680. The van der Waals surface area contributed by atoms with E-state index in [1.54, 1.807) is 22.7 Å². The van der Waals surface area contributed by atoms with E-state index in [1.165, 1.54) is 15.3 Å². The van der Waals surface area contributed by atoms with Crippen molar-refractivity contribution >= 4 is 22.7 Å². The Morgan fingerprint density at radius 3 is 2.65 bits per heavy atom. The fourth-order valence-electron chi connectivity index (χ4n) is 1.71. The normalized spacial score (nSPS) is 14.8. The zero-order valence-corrected chi connectivity index (χ0v) is 11.7. The van der Waals surface area contributed by atoms with E-state index in [-0.39, 0.29) is 12.1 Å². The number of rotatable bonds is 5. The third kappa shape index (κ3) is 3.16. The van der Waals surface area contributed by atoms with Crippen molar-refractivity contribution < 1.29 is 4.74 Å². The molecule has 2 aromatic heterocycles. The van der Waals surface area contributed by atoms with Gasteiger partial charge < -0.3 is 10.5 Å². The molecule has 4 heteroatoms.